The molecule has 1 unspecified atom stereocenters. The second kappa shape index (κ2) is 6.51. The van der Waals surface area contributed by atoms with Crippen LogP contribution in [0, 0.1) is 23.1 Å². The Balaban J connectivity index is 2.71. The molecule has 0 N–H and O–H groups in total. The van der Waals surface area contributed by atoms with Gasteiger partial charge in [-0.15, -0.1) is 0 Å². The maximum Gasteiger partial charge on any atom is 0.123 e. The van der Waals surface area contributed by atoms with Gasteiger partial charge in [0.05, 0.1) is 11.6 Å². The van der Waals surface area contributed by atoms with Gasteiger partial charge in [0.1, 0.15) is 5.82 Å². The van der Waals surface area contributed by atoms with Crippen LogP contribution in [0.1, 0.15) is 31.4 Å². The molecule has 1 rings (SSSR count). The summed E-state index contributed by atoms with van der Waals surface area (Å²) in [5, 5.41) is 8.87. The predicted octanol–water partition coefficient (Wildman–Crippen LogP) is 2.99. The maximum atomic E-state index is 13.0. The SMILES string of the molecule is CC(C)CCS(=O)Cc1cc(F)ccc1C#N. The van der Waals surface area contributed by atoms with E-state index in [9.17, 15) is 8.60 Å². The first-order chi connectivity index (χ1) is 8.02. The first kappa shape index (κ1) is 13.9. The summed E-state index contributed by atoms with van der Waals surface area (Å²) in [5.41, 5.74) is 0.943. The van der Waals surface area contributed by atoms with Gasteiger partial charge in [0, 0.05) is 22.3 Å². The van der Waals surface area contributed by atoms with Gasteiger partial charge < -0.3 is 0 Å². The lowest BCUT2D eigenvalue weighted by atomic mass is 10.1. The molecule has 0 amide bonds. The normalized spacial score (nSPS) is 12.4. The Kier molecular flexibility index (Phi) is 5.30. The molecule has 0 aliphatic heterocycles. The van der Waals surface area contributed by atoms with E-state index in [0.29, 0.717) is 22.8 Å². The van der Waals surface area contributed by atoms with Crippen LogP contribution >= 0.6 is 0 Å². The summed E-state index contributed by atoms with van der Waals surface area (Å²) in [4.78, 5) is 0. The average molecular weight is 253 g/mol. The Morgan fingerprint density at radius 3 is 2.76 bits per heavy atom. The van der Waals surface area contributed by atoms with Crippen LogP contribution < -0.4 is 0 Å². The van der Waals surface area contributed by atoms with Crippen molar-refractivity contribution in [2.45, 2.75) is 26.0 Å². The Morgan fingerprint density at radius 2 is 2.18 bits per heavy atom. The van der Waals surface area contributed by atoms with Crippen molar-refractivity contribution in [1.82, 2.24) is 0 Å². The molecule has 2 nitrogen and oxygen atoms in total. The maximum absolute atomic E-state index is 13.0. The number of hydrogen-bond donors (Lipinski definition) is 0. The van der Waals surface area contributed by atoms with E-state index in [-0.39, 0.29) is 11.6 Å². The smallest absolute Gasteiger partial charge is 0.123 e. The molecule has 4 heteroatoms. The summed E-state index contributed by atoms with van der Waals surface area (Å²) in [7, 11) is -1.03. The summed E-state index contributed by atoms with van der Waals surface area (Å²) in [5.74, 6) is 0.966. The van der Waals surface area contributed by atoms with Crippen molar-refractivity contribution in [2.75, 3.05) is 5.75 Å². The highest BCUT2D eigenvalue weighted by atomic mass is 32.2. The Hall–Kier alpha value is -1.21. The van der Waals surface area contributed by atoms with Gasteiger partial charge >= 0.3 is 0 Å². The minimum absolute atomic E-state index is 0.257. The second-order valence-corrected chi connectivity index (χ2v) is 5.96. The molecule has 0 aliphatic carbocycles. The number of rotatable bonds is 5. The van der Waals surface area contributed by atoms with E-state index in [1.54, 1.807) is 0 Å². The zero-order chi connectivity index (χ0) is 12.8. The van der Waals surface area contributed by atoms with Gasteiger partial charge in [-0.25, -0.2) is 4.39 Å². The highest BCUT2D eigenvalue weighted by molar-refractivity contribution is 7.84. The molecule has 0 saturated heterocycles. The predicted molar refractivity (Wildman–Crippen MR) is 67.3 cm³/mol. The van der Waals surface area contributed by atoms with Gasteiger partial charge in [-0.3, -0.25) is 4.21 Å². The Bertz CT molecular complexity index is 451. The fourth-order valence-electron chi connectivity index (χ4n) is 1.40. The molecule has 0 aromatic heterocycles. The topological polar surface area (TPSA) is 40.9 Å². The van der Waals surface area contributed by atoms with Crippen LogP contribution in [0.3, 0.4) is 0 Å². The van der Waals surface area contributed by atoms with Crippen LogP contribution in [0.4, 0.5) is 4.39 Å². The van der Waals surface area contributed by atoms with E-state index >= 15 is 0 Å². The van der Waals surface area contributed by atoms with Crippen molar-refractivity contribution in [3.63, 3.8) is 0 Å². The minimum atomic E-state index is -1.03. The van der Waals surface area contributed by atoms with E-state index in [1.807, 2.05) is 6.07 Å². The third-order valence-corrected chi connectivity index (χ3v) is 3.75. The van der Waals surface area contributed by atoms with E-state index in [0.717, 1.165) is 6.42 Å². The lowest BCUT2D eigenvalue weighted by Crippen LogP contribution is -2.05. The number of nitriles is 1. The number of nitrogens with zero attached hydrogens (tertiary/aromatic N) is 1. The molecule has 92 valence electrons. The van der Waals surface area contributed by atoms with Crippen molar-refractivity contribution < 1.29 is 8.60 Å². The van der Waals surface area contributed by atoms with Crippen molar-refractivity contribution in [3.8, 4) is 6.07 Å². The highest BCUT2D eigenvalue weighted by Crippen LogP contribution is 2.14. The molecule has 0 saturated carbocycles. The zero-order valence-electron chi connectivity index (χ0n) is 10.1. The van der Waals surface area contributed by atoms with Gasteiger partial charge in [-0.05, 0) is 36.1 Å². The fourth-order valence-corrected chi connectivity index (χ4v) is 2.87. The summed E-state index contributed by atoms with van der Waals surface area (Å²) < 4.78 is 24.8. The van der Waals surface area contributed by atoms with Crippen molar-refractivity contribution in [3.05, 3.63) is 35.1 Å². The molecule has 1 atom stereocenters. The quantitative estimate of drug-likeness (QED) is 0.809. The molecule has 0 heterocycles. The van der Waals surface area contributed by atoms with Crippen LogP contribution in [-0.2, 0) is 16.6 Å². The van der Waals surface area contributed by atoms with Gasteiger partial charge in [0.25, 0.3) is 0 Å². The standard InChI is InChI=1S/C13H16FNOS/c1-10(2)5-6-17(16)9-12-7-13(14)4-3-11(12)8-15/h3-4,7,10H,5-6,9H2,1-2H3. The Morgan fingerprint density at radius 1 is 1.47 bits per heavy atom. The number of halogens is 1. The monoisotopic (exact) mass is 253 g/mol. The summed E-state index contributed by atoms with van der Waals surface area (Å²) in [6.45, 7) is 4.14. The molecular formula is C13H16FNOS. The molecule has 0 aliphatic rings. The van der Waals surface area contributed by atoms with Gasteiger partial charge in [0.2, 0.25) is 0 Å². The van der Waals surface area contributed by atoms with Crippen LogP contribution in [0.15, 0.2) is 18.2 Å². The molecule has 1 aromatic carbocycles. The van der Waals surface area contributed by atoms with E-state index in [2.05, 4.69) is 13.8 Å². The molecule has 0 radical (unpaired) electrons. The average Bonchev–Trinajstić information content (AvgIpc) is 2.27. The Labute approximate surface area is 104 Å². The van der Waals surface area contributed by atoms with Gasteiger partial charge in [0.15, 0.2) is 0 Å². The van der Waals surface area contributed by atoms with Gasteiger partial charge in [-0.1, -0.05) is 13.8 Å². The van der Waals surface area contributed by atoms with Crippen LogP contribution in [0.5, 0.6) is 0 Å². The summed E-state index contributed by atoms with van der Waals surface area (Å²) in [6, 6.07) is 5.97. The number of hydrogen-bond acceptors (Lipinski definition) is 2. The summed E-state index contributed by atoms with van der Waals surface area (Å²) in [6.07, 6.45) is 0.879. The lowest BCUT2D eigenvalue weighted by Gasteiger charge is -2.06. The molecule has 0 fully saturated rings. The van der Waals surface area contributed by atoms with Gasteiger partial charge in [-0.2, -0.15) is 5.26 Å². The molecule has 0 spiro atoms. The third-order valence-electron chi connectivity index (χ3n) is 2.43. The second-order valence-electron chi connectivity index (χ2n) is 4.38. The third kappa shape index (κ3) is 4.66. The minimum Gasteiger partial charge on any atom is -0.259 e. The van der Waals surface area contributed by atoms with Crippen molar-refractivity contribution in [2.24, 2.45) is 5.92 Å². The van der Waals surface area contributed by atoms with Crippen molar-refractivity contribution in [1.29, 1.82) is 5.26 Å². The van der Waals surface area contributed by atoms with E-state index in [1.165, 1.54) is 18.2 Å². The molecule has 1 aromatic rings. The molecular weight excluding hydrogens is 237 g/mol. The largest absolute Gasteiger partial charge is 0.259 e. The number of benzene rings is 1. The highest BCUT2D eigenvalue weighted by Gasteiger charge is 2.08. The van der Waals surface area contributed by atoms with E-state index in [4.69, 9.17) is 5.26 Å². The first-order valence-corrected chi connectivity index (χ1v) is 7.05. The van der Waals surface area contributed by atoms with Crippen molar-refractivity contribution >= 4 is 10.8 Å². The first-order valence-electron chi connectivity index (χ1n) is 5.56. The molecule has 17 heavy (non-hydrogen) atoms. The molecule has 0 bridgehead atoms. The van der Waals surface area contributed by atoms with Crippen LogP contribution in [-0.4, -0.2) is 9.96 Å². The zero-order valence-corrected chi connectivity index (χ0v) is 10.9. The van der Waals surface area contributed by atoms with E-state index < -0.39 is 10.8 Å². The summed E-state index contributed by atoms with van der Waals surface area (Å²) >= 11 is 0. The fraction of sp³-hybridized carbons (Fsp3) is 0.462. The van der Waals surface area contributed by atoms with Crippen LogP contribution in [0.2, 0.25) is 0 Å². The van der Waals surface area contributed by atoms with Crippen LogP contribution in [0.25, 0.3) is 0 Å². The lowest BCUT2D eigenvalue weighted by molar-refractivity contribution is 0.618.